The summed E-state index contributed by atoms with van der Waals surface area (Å²) in [6.45, 7) is 3.90. The van der Waals surface area contributed by atoms with Gasteiger partial charge in [-0.1, -0.05) is 59.6 Å². The topological polar surface area (TPSA) is 52.9 Å². The molecule has 5 heteroatoms. The molecule has 0 saturated carbocycles. The molecule has 3 rings (SSSR count). The third-order valence-electron chi connectivity index (χ3n) is 4.96. The van der Waals surface area contributed by atoms with Crippen molar-refractivity contribution in [3.05, 3.63) is 104 Å². The molecular weight excluding hydrogens is 415 g/mol. The van der Waals surface area contributed by atoms with E-state index in [9.17, 15) is 10.1 Å². The average molecular weight is 435 g/mol. The monoisotopic (exact) mass is 434 g/mol. The Morgan fingerprint density at radius 1 is 1.03 bits per heavy atom. The van der Waals surface area contributed by atoms with Crippen molar-refractivity contribution in [2.24, 2.45) is 0 Å². The van der Waals surface area contributed by atoms with Gasteiger partial charge < -0.3 is 5.32 Å². The summed E-state index contributed by atoms with van der Waals surface area (Å²) in [7, 11) is 0. The van der Waals surface area contributed by atoms with E-state index < -0.39 is 5.91 Å². The molecule has 0 spiro atoms. The molecule has 30 heavy (non-hydrogen) atoms. The second kappa shape index (κ2) is 9.63. The summed E-state index contributed by atoms with van der Waals surface area (Å²) >= 11 is 12.5. The first-order valence-electron chi connectivity index (χ1n) is 9.40. The van der Waals surface area contributed by atoms with Crippen LogP contribution in [0.3, 0.4) is 0 Å². The van der Waals surface area contributed by atoms with Gasteiger partial charge in [0.25, 0.3) is 5.91 Å². The lowest BCUT2D eigenvalue weighted by Gasteiger charge is -2.11. The fourth-order valence-electron chi connectivity index (χ4n) is 3.09. The molecule has 1 amide bonds. The molecule has 3 nitrogen and oxygen atoms in total. The highest BCUT2D eigenvalue weighted by Crippen LogP contribution is 2.25. The standard InChI is InChI=1S/C25H20Cl2N2O/c1-16-6-5-9-24(17(16)2)29-25(30)21(15-28)13-20-14-22(26)11-10-18(20)12-19-7-3-4-8-23(19)27/h3-11,13-14H,12H2,1-2H3,(H,29,30)/b21-13+. The number of aryl methyl sites for hydroxylation is 1. The van der Waals surface area contributed by atoms with Crippen LogP contribution in [0, 0.1) is 25.2 Å². The van der Waals surface area contributed by atoms with Crippen LogP contribution < -0.4 is 5.32 Å². The van der Waals surface area contributed by atoms with Gasteiger partial charge >= 0.3 is 0 Å². The highest BCUT2D eigenvalue weighted by molar-refractivity contribution is 6.31. The molecule has 150 valence electrons. The lowest BCUT2D eigenvalue weighted by atomic mass is 9.98. The molecule has 0 unspecified atom stereocenters. The Morgan fingerprint density at radius 3 is 2.53 bits per heavy atom. The first-order chi connectivity index (χ1) is 14.4. The van der Waals surface area contributed by atoms with Crippen LogP contribution in [0.4, 0.5) is 5.69 Å². The average Bonchev–Trinajstić information content (AvgIpc) is 2.72. The fourth-order valence-corrected chi connectivity index (χ4v) is 3.47. The molecule has 0 radical (unpaired) electrons. The van der Waals surface area contributed by atoms with Crippen molar-refractivity contribution in [3.63, 3.8) is 0 Å². The van der Waals surface area contributed by atoms with Crippen LogP contribution in [-0.2, 0) is 11.2 Å². The molecule has 0 aliphatic carbocycles. The minimum Gasteiger partial charge on any atom is -0.321 e. The predicted octanol–water partition coefficient (Wildman–Crippen LogP) is 6.75. The normalized spacial score (nSPS) is 11.1. The summed E-state index contributed by atoms with van der Waals surface area (Å²) < 4.78 is 0. The van der Waals surface area contributed by atoms with Gasteiger partial charge in [0.05, 0.1) is 0 Å². The molecule has 0 aliphatic rings. The lowest BCUT2D eigenvalue weighted by molar-refractivity contribution is -0.112. The van der Waals surface area contributed by atoms with E-state index in [1.54, 1.807) is 18.2 Å². The van der Waals surface area contributed by atoms with Gasteiger partial charge in [-0.15, -0.1) is 0 Å². The molecule has 0 aliphatic heterocycles. The number of rotatable bonds is 5. The number of carbonyl (C=O) groups excluding carboxylic acids is 1. The van der Waals surface area contributed by atoms with Crippen molar-refractivity contribution in [1.29, 1.82) is 5.26 Å². The van der Waals surface area contributed by atoms with Crippen LogP contribution in [0.1, 0.15) is 27.8 Å². The largest absolute Gasteiger partial charge is 0.321 e. The van der Waals surface area contributed by atoms with Crippen LogP contribution in [0.5, 0.6) is 0 Å². The number of nitrogens with zero attached hydrogens (tertiary/aromatic N) is 1. The van der Waals surface area contributed by atoms with Crippen molar-refractivity contribution >= 4 is 40.9 Å². The molecule has 0 heterocycles. The molecule has 1 N–H and O–H groups in total. The van der Waals surface area contributed by atoms with Gasteiger partial charge in [0.1, 0.15) is 11.6 Å². The summed E-state index contributed by atoms with van der Waals surface area (Å²) in [5.74, 6) is -0.463. The van der Waals surface area contributed by atoms with Crippen LogP contribution in [0.15, 0.2) is 66.2 Å². The van der Waals surface area contributed by atoms with E-state index in [1.165, 1.54) is 0 Å². The third-order valence-corrected chi connectivity index (χ3v) is 5.57. The zero-order valence-electron chi connectivity index (χ0n) is 16.7. The SMILES string of the molecule is Cc1cccc(NC(=O)/C(C#N)=C/c2cc(Cl)ccc2Cc2ccccc2Cl)c1C. The minimum atomic E-state index is -0.463. The van der Waals surface area contributed by atoms with Crippen LogP contribution >= 0.6 is 23.2 Å². The third kappa shape index (κ3) is 5.10. The Labute approximate surface area is 186 Å². The molecule has 0 bridgehead atoms. The molecule has 0 fully saturated rings. The maximum Gasteiger partial charge on any atom is 0.266 e. The zero-order chi connectivity index (χ0) is 21.7. The minimum absolute atomic E-state index is 0.00131. The Balaban J connectivity index is 1.94. The van der Waals surface area contributed by atoms with E-state index in [0.29, 0.717) is 27.7 Å². The van der Waals surface area contributed by atoms with Crippen molar-refractivity contribution in [2.75, 3.05) is 5.32 Å². The second-order valence-corrected chi connectivity index (χ2v) is 7.83. The van der Waals surface area contributed by atoms with Crippen molar-refractivity contribution in [1.82, 2.24) is 0 Å². The highest BCUT2D eigenvalue weighted by Gasteiger charge is 2.13. The summed E-state index contributed by atoms with van der Waals surface area (Å²) in [5, 5.41) is 13.6. The van der Waals surface area contributed by atoms with E-state index in [2.05, 4.69) is 5.32 Å². The van der Waals surface area contributed by atoms with Gasteiger partial charge in [-0.2, -0.15) is 5.26 Å². The number of halogens is 2. The maximum atomic E-state index is 12.8. The Morgan fingerprint density at radius 2 is 1.80 bits per heavy atom. The summed E-state index contributed by atoms with van der Waals surface area (Å²) in [6, 6.07) is 20.7. The molecule has 0 atom stereocenters. The number of nitrogens with one attached hydrogen (secondary N) is 1. The van der Waals surface area contributed by atoms with E-state index in [0.717, 1.165) is 22.3 Å². The highest BCUT2D eigenvalue weighted by atomic mass is 35.5. The molecule has 3 aromatic rings. The molecule has 0 saturated heterocycles. The quantitative estimate of drug-likeness (QED) is 0.356. The van der Waals surface area contributed by atoms with E-state index in [1.807, 2.05) is 68.4 Å². The van der Waals surface area contributed by atoms with Gasteiger partial charge in [-0.25, -0.2) is 0 Å². The van der Waals surface area contributed by atoms with Crippen molar-refractivity contribution in [2.45, 2.75) is 20.3 Å². The fraction of sp³-hybridized carbons (Fsp3) is 0.120. The van der Waals surface area contributed by atoms with Crippen LogP contribution in [0.2, 0.25) is 10.0 Å². The Hall–Kier alpha value is -3.06. The predicted molar refractivity (Wildman–Crippen MR) is 124 cm³/mol. The smallest absolute Gasteiger partial charge is 0.266 e. The van der Waals surface area contributed by atoms with Gasteiger partial charge in [0.2, 0.25) is 0 Å². The van der Waals surface area contributed by atoms with E-state index in [4.69, 9.17) is 23.2 Å². The number of hydrogen-bond acceptors (Lipinski definition) is 2. The van der Waals surface area contributed by atoms with Gasteiger partial charge in [-0.3, -0.25) is 4.79 Å². The second-order valence-electron chi connectivity index (χ2n) is 6.98. The van der Waals surface area contributed by atoms with Crippen LogP contribution in [0.25, 0.3) is 6.08 Å². The maximum absolute atomic E-state index is 12.8. The number of hydrogen-bond donors (Lipinski definition) is 1. The first kappa shape index (κ1) is 21.6. The lowest BCUT2D eigenvalue weighted by Crippen LogP contribution is -2.14. The van der Waals surface area contributed by atoms with Gasteiger partial charge in [0.15, 0.2) is 0 Å². The van der Waals surface area contributed by atoms with Crippen molar-refractivity contribution in [3.8, 4) is 6.07 Å². The summed E-state index contributed by atoms with van der Waals surface area (Å²) in [5.41, 5.74) is 5.28. The number of carbonyl (C=O) groups is 1. The Kier molecular flexibility index (Phi) is 6.95. The summed E-state index contributed by atoms with van der Waals surface area (Å²) in [4.78, 5) is 12.8. The van der Waals surface area contributed by atoms with Crippen molar-refractivity contribution < 1.29 is 4.79 Å². The summed E-state index contributed by atoms with van der Waals surface area (Å²) in [6.07, 6.45) is 2.12. The number of anilines is 1. The Bertz CT molecular complexity index is 1180. The van der Waals surface area contributed by atoms with Gasteiger partial charge in [0, 0.05) is 15.7 Å². The van der Waals surface area contributed by atoms with E-state index in [-0.39, 0.29) is 5.57 Å². The molecular formula is C25H20Cl2N2O. The number of amides is 1. The molecule has 0 aromatic heterocycles. The van der Waals surface area contributed by atoms with Crippen LogP contribution in [-0.4, -0.2) is 5.91 Å². The molecule has 3 aromatic carbocycles. The number of benzene rings is 3. The number of nitriles is 1. The zero-order valence-corrected chi connectivity index (χ0v) is 18.2. The van der Waals surface area contributed by atoms with Gasteiger partial charge in [-0.05, 0) is 78.4 Å². The first-order valence-corrected chi connectivity index (χ1v) is 10.2. The van der Waals surface area contributed by atoms with E-state index >= 15 is 0 Å².